The Morgan fingerprint density at radius 1 is 1.32 bits per heavy atom. The third kappa shape index (κ3) is 2.50. The Balaban J connectivity index is 1.69. The molecule has 2 fully saturated rings. The molecule has 19 heavy (non-hydrogen) atoms. The first-order valence-corrected chi connectivity index (χ1v) is 7.32. The highest BCUT2D eigenvalue weighted by Gasteiger charge is 2.41. The van der Waals surface area contributed by atoms with E-state index in [2.05, 4.69) is 35.0 Å². The minimum absolute atomic E-state index is 0.214. The molecule has 2 bridgehead atoms. The number of fused-ring (bicyclic) bond motifs is 2. The van der Waals surface area contributed by atoms with Crippen molar-refractivity contribution in [3.05, 3.63) is 30.1 Å². The molecular weight excluding hydrogens is 234 g/mol. The van der Waals surface area contributed by atoms with Crippen LogP contribution in [0, 0.1) is 23.2 Å². The molecule has 0 N–H and O–H groups in total. The van der Waals surface area contributed by atoms with Crippen LogP contribution in [0.15, 0.2) is 24.5 Å². The topological polar surface area (TPSA) is 39.9 Å². The second-order valence-electron chi connectivity index (χ2n) is 6.06. The molecular formula is C16H21N3. The molecule has 3 heteroatoms. The van der Waals surface area contributed by atoms with Crippen LogP contribution in [0.4, 0.5) is 0 Å². The van der Waals surface area contributed by atoms with Crippen LogP contribution in [0.1, 0.15) is 38.2 Å². The predicted molar refractivity (Wildman–Crippen MR) is 74.1 cm³/mol. The van der Waals surface area contributed by atoms with Crippen molar-refractivity contribution >= 4 is 0 Å². The molecule has 3 atom stereocenters. The third-order valence-corrected chi connectivity index (χ3v) is 4.95. The van der Waals surface area contributed by atoms with Crippen molar-refractivity contribution in [1.29, 1.82) is 5.26 Å². The largest absolute Gasteiger partial charge is 0.293 e. The zero-order valence-electron chi connectivity index (χ0n) is 11.5. The fourth-order valence-corrected chi connectivity index (χ4v) is 3.79. The minimum Gasteiger partial charge on any atom is -0.293 e. The smallest absolute Gasteiger partial charge is 0.0655 e. The molecule has 3 nitrogen and oxygen atoms in total. The van der Waals surface area contributed by atoms with Crippen LogP contribution in [0.25, 0.3) is 0 Å². The van der Waals surface area contributed by atoms with E-state index in [4.69, 9.17) is 5.26 Å². The van der Waals surface area contributed by atoms with Gasteiger partial charge in [-0.05, 0) is 56.2 Å². The summed E-state index contributed by atoms with van der Waals surface area (Å²) in [6.45, 7) is 3.13. The summed E-state index contributed by atoms with van der Waals surface area (Å²) in [5.41, 5.74) is 1.36. The van der Waals surface area contributed by atoms with Gasteiger partial charge in [-0.25, -0.2) is 0 Å². The van der Waals surface area contributed by atoms with E-state index in [-0.39, 0.29) is 5.92 Å². The van der Waals surface area contributed by atoms with Crippen molar-refractivity contribution in [2.75, 3.05) is 0 Å². The standard InChI is InChI=1S/C16H21N3/c1-12(10-17)14-8-15-2-3-16(9-14)19(15)11-13-4-6-18-7-5-13/h4-7,12,14-16H,2-3,8-9,11H2,1H3. The molecule has 100 valence electrons. The van der Waals surface area contributed by atoms with Crippen molar-refractivity contribution in [2.24, 2.45) is 11.8 Å². The van der Waals surface area contributed by atoms with Gasteiger partial charge in [0.1, 0.15) is 0 Å². The lowest BCUT2D eigenvalue weighted by Crippen LogP contribution is -2.43. The van der Waals surface area contributed by atoms with Gasteiger partial charge in [0.05, 0.1) is 6.07 Å². The van der Waals surface area contributed by atoms with E-state index in [1.807, 2.05) is 12.4 Å². The average Bonchev–Trinajstić information content (AvgIpc) is 2.69. The number of aromatic nitrogens is 1. The second-order valence-corrected chi connectivity index (χ2v) is 6.06. The van der Waals surface area contributed by atoms with E-state index in [0.717, 1.165) is 6.54 Å². The number of nitriles is 1. The lowest BCUT2D eigenvalue weighted by molar-refractivity contribution is 0.0844. The van der Waals surface area contributed by atoms with Crippen molar-refractivity contribution in [1.82, 2.24) is 9.88 Å². The Hall–Kier alpha value is -1.40. The normalized spacial score (nSPS) is 31.9. The fourth-order valence-electron chi connectivity index (χ4n) is 3.79. The summed E-state index contributed by atoms with van der Waals surface area (Å²) < 4.78 is 0. The van der Waals surface area contributed by atoms with Crippen molar-refractivity contribution in [3.8, 4) is 6.07 Å². The number of pyridine rings is 1. The van der Waals surface area contributed by atoms with E-state index < -0.39 is 0 Å². The number of nitrogens with zero attached hydrogens (tertiary/aromatic N) is 3. The van der Waals surface area contributed by atoms with Gasteiger partial charge in [-0.3, -0.25) is 9.88 Å². The molecule has 2 aliphatic rings. The quantitative estimate of drug-likeness (QED) is 0.833. The zero-order chi connectivity index (χ0) is 13.2. The number of hydrogen-bond donors (Lipinski definition) is 0. The van der Waals surface area contributed by atoms with Gasteiger partial charge in [0.15, 0.2) is 0 Å². The van der Waals surface area contributed by atoms with E-state index >= 15 is 0 Å². The van der Waals surface area contributed by atoms with Crippen LogP contribution in [0.3, 0.4) is 0 Å². The van der Waals surface area contributed by atoms with Gasteiger partial charge in [0, 0.05) is 36.9 Å². The molecule has 3 heterocycles. The fraction of sp³-hybridized carbons (Fsp3) is 0.625. The summed E-state index contributed by atoms with van der Waals surface area (Å²) in [5, 5.41) is 9.11. The minimum atomic E-state index is 0.214. The monoisotopic (exact) mass is 255 g/mol. The van der Waals surface area contributed by atoms with Crippen LogP contribution >= 0.6 is 0 Å². The van der Waals surface area contributed by atoms with Gasteiger partial charge in [-0.1, -0.05) is 0 Å². The van der Waals surface area contributed by atoms with E-state index in [1.165, 1.54) is 31.2 Å². The van der Waals surface area contributed by atoms with Crippen molar-refractivity contribution in [3.63, 3.8) is 0 Å². The maximum atomic E-state index is 9.11. The average molecular weight is 255 g/mol. The van der Waals surface area contributed by atoms with Gasteiger partial charge < -0.3 is 0 Å². The molecule has 0 saturated carbocycles. The molecule has 0 aromatic carbocycles. The number of hydrogen-bond acceptors (Lipinski definition) is 3. The van der Waals surface area contributed by atoms with Crippen LogP contribution in [0.2, 0.25) is 0 Å². The van der Waals surface area contributed by atoms with E-state index in [9.17, 15) is 0 Å². The summed E-state index contributed by atoms with van der Waals surface area (Å²) in [4.78, 5) is 6.75. The van der Waals surface area contributed by atoms with Crippen molar-refractivity contribution < 1.29 is 0 Å². The lowest BCUT2D eigenvalue weighted by Gasteiger charge is -2.39. The molecule has 2 aliphatic heterocycles. The van der Waals surface area contributed by atoms with Crippen LogP contribution in [-0.2, 0) is 6.54 Å². The maximum Gasteiger partial charge on any atom is 0.0655 e. The Bertz CT molecular complexity index is 451. The van der Waals surface area contributed by atoms with Gasteiger partial charge in [-0.2, -0.15) is 5.26 Å². The first-order valence-electron chi connectivity index (χ1n) is 7.32. The van der Waals surface area contributed by atoms with Gasteiger partial charge in [-0.15, -0.1) is 0 Å². The second kappa shape index (κ2) is 5.30. The summed E-state index contributed by atoms with van der Waals surface area (Å²) in [7, 11) is 0. The van der Waals surface area contributed by atoms with E-state index in [0.29, 0.717) is 18.0 Å². The van der Waals surface area contributed by atoms with Crippen LogP contribution in [0.5, 0.6) is 0 Å². The molecule has 3 rings (SSSR count). The Kier molecular flexibility index (Phi) is 3.52. The predicted octanol–water partition coefficient (Wildman–Crippen LogP) is 2.98. The van der Waals surface area contributed by atoms with E-state index in [1.54, 1.807) is 0 Å². The first kappa shape index (κ1) is 12.6. The van der Waals surface area contributed by atoms with Crippen molar-refractivity contribution in [2.45, 2.75) is 51.2 Å². The highest BCUT2D eigenvalue weighted by atomic mass is 15.2. The maximum absolute atomic E-state index is 9.11. The molecule has 1 aromatic heterocycles. The molecule has 2 saturated heterocycles. The molecule has 0 spiro atoms. The Labute approximate surface area is 115 Å². The van der Waals surface area contributed by atoms with Gasteiger partial charge in [0.2, 0.25) is 0 Å². The van der Waals surface area contributed by atoms with Crippen LogP contribution in [-0.4, -0.2) is 22.0 Å². The van der Waals surface area contributed by atoms with Crippen LogP contribution < -0.4 is 0 Å². The first-order chi connectivity index (χ1) is 9.28. The molecule has 1 aromatic rings. The molecule has 0 radical (unpaired) electrons. The molecule has 0 amide bonds. The highest BCUT2D eigenvalue weighted by molar-refractivity contribution is 5.11. The SMILES string of the molecule is CC(C#N)C1CC2CCC(C1)N2Cc1ccncc1. The number of piperidine rings is 1. The summed E-state index contributed by atoms with van der Waals surface area (Å²) in [6.07, 6.45) is 8.78. The number of rotatable bonds is 3. The summed E-state index contributed by atoms with van der Waals surface area (Å²) in [6, 6.07) is 8.05. The Morgan fingerprint density at radius 2 is 1.95 bits per heavy atom. The third-order valence-electron chi connectivity index (χ3n) is 4.95. The highest BCUT2D eigenvalue weighted by Crippen LogP contribution is 2.41. The Morgan fingerprint density at radius 3 is 2.53 bits per heavy atom. The lowest BCUT2D eigenvalue weighted by atomic mass is 9.82. The summed E-state index contributed by atoms with van der Waals surface area (Å²) in [5.74, 6) is 0.822. The zero-order valence-corrected chi connectivity index (χ0v) is 11.5. The molecule has 3 unspecified atom stereocenters. The van der Waals surface area contributed by atoms with Gasteiger partial charge in [0.25, 0.3) is 0 Å². The summed E-state index contributed by atoms with van der Waals surface area (Å²) >= 11 is 0. The van der Waals surface area contributed by atoms with Gasteiger partial charge >= 0.3 is 0 Å². The molecule has 0 aliphatic carbocycles.